The third-order valence-corrected chi connectivity index (χ3v) is 3.03. The van der Waals surface area contributed by atoms with Gasteiger partial charge in [-0.3, -0.25) is 9.89 Å². The smallest absolute Gasteiger partial charge is 0.269 e. The lowest BCUT2D eigenvalue weighted by Gasteiger charge is -2.06. The van der Waals surface area contributed by atoms with Gasteiger partial charge in [-0.25, -0.2) is 0 Å². The second-order valence-electron chi connectivity index (χ2n) is 3.71. The molecule has 4 nitrogen and oxygen atoms in total. The molecule has 0 unspecified atom stereocenters. The van der Waals surface area contributed by atoms with Crippen LogP contribution < -0.4 is 5.32 Å². The topological polar surface area (TPSA) is 57.8 Å². The largest absolute Gasteiger partial charge is 0.350 e. The number of H-pyrrole nitrogens is 1. The van der Waals surface area contributed by atoms with Gasteiger partial charge in [0.1, 0.15) is 5.69 Å². The van der Waals surface area contributed by atoms with Gasteiger partial charge in [-0.1, -0.05) is 29.3 Å². The van der Waals surface area contributed by atoms with Crippen LogP contribution in [-0.2, 0) is 6.42 Å². The van der Waals surface area contributed by atoms with Gasteiger partial charge in [0.2, 0.25) is 0 Å². The second-order valence-corrected chi connectivity index (χ2v) is 4.56. The van der Waals surface area contributed by atoms with Crippen molar-refractivity contribution < 1.29 is 4.79 Å². The summed E-state index contributed by atoms with van der Waals surface area (Å²) in [5.41, 5.74) is 1.39. The van der Waals surface area contributed by atoms with E-state index >= 15 is 0 Å². The summed E-state index contributed by atoms with van der Waals surface area (Å²) in [7, 11) is 0. The van der Waals surface area contributed by atoms with E-state index in [0.29, 0.717) is 28.7 Å². The van der Waals surface area contributed by atoms with Crippen LogP contribution in [0.4, 0.5) is 0 Å². The highest BCUT2D eigenvalue weighted by molar-refractivity contribution is 6.35. The van der Waals surface area contributed by atoms with Gasteiger partial charge in [-0.15, -0.1) is 0 Å². The number of halogens is 2. The molecule has 0 saturated heterocycles. The molecule has 1 heterocycles. The summed E-state index contributed by atoms with van der Waals surface area (Å²) in [5.74, 6) is -0.183. The Hall–Kier alpha value is -1.52. The molecule has 2 rings (SSSR count). The molecule has 0 radical (unpaired) electrons. The number of carbonyl (C=O) groups is 1. The average molecular weight is 284 g/mol. The first-order valence-corrected chi connectivity index (χ1v) is 6.14. The lowest BCUT2D eigenvalue weighted by Crippen LogP contribution is -2.26. The van der Waals surface area contributed by atoms with Gasteiger partial charge in [-0.05, 0) is 30.2 Å². The zero-order valence-electron chi connectivity index (χ0n) is 9.41. The lowest BCUT2D eigenvalue weighted by molar-refractivity contribution is 0.0949. The molecule has 1 aromatic heterocycles. The van der Waals surface area contributed by atoms with E-state index in [1.165, 1.54) is 6.20 Å². The van der Waals surface area contributed by atoms with Crippen molar-refractivity contribution in [2.45, 2.75) is 6.42 Å². The molecule has 0 aliphatic rings. The zero-order chi connectivity index (χ0) is 13.0. The number of hydrogen-bond acceptors (Lipinski definition) is 2. The molecule has 0 aliphatic heterocycles. The lowest BCUT2D eigenvalue weighted by atomic mass is 10.1. The maximum atomic E-state index is 11.6. The van der Waals surface area contributed by atoms with Crippen molar-refractivity contribution in [3.05, 3.63) is 51.8 Å². The first-order chi connectivity index (χ1) is 8.66. The average Bonchev–Trinajstić information content (AvgIpc) is 2.85. The Balaban J connectivity index is 1.87. The Kier molecular flexibility index (Phi) is 4.23. The molecule has 2 N–H and O–H groups in total. The van der Waals surface area contributed by atoms with Gasteiger partial charge >= 0.3 is 0 Å². The van der Waals surface area contributed by atoms with Crippen LogP contribution in [0.1, 0.15) is 16.1 Å². The van der Waals surface area contributed by atoms with E-state index in [1.54, 1.807) is 18.2 Å². The molecule has 0 aliphatic carbocycles. The Bertz CT molecular complexity index is 540. The third kappa shape index (κ3) is 3.24. The van der Waals surface area contributed by atoms with Crippen LogP contribution in [0, 0.1) is 0 Å². The van der Waals surface area contributed by atoms with Crippen molar-refractivity contribution in [1.29, 1.82) is 0 Å². The van der Waals surface area contributed by atoms with Crippen molar-refractivity contribution in [1.82, 2.24) is 15.5 Å². The van der Waals surface area contributed by atoms with E-state index in [9.17, 15) is 4.79 Å². The summed E-state index contributed by atoms with van der Waals surface area (Å²) in [4.78, 5) is 11.6. The molecule has 0 saturated carbocycles. The monoisotopic (exact) mass is 283 g/mol. The molecule has 1 amide bonds. The van der Waals surface area contributed by atoms with Crippen LogP contribution in [0.5, 0.6) is 0 Å². The van der Waals surface area contributed by atoms with Gasteiger partial charge in [0.25, 0.3) is 5.91 Å². The molecule has 6 heteroatoms. The third-order valence-electron chi connectivity index (χ3n) is 2.44. The SMILES string of the molecule is O=C(NCCc1ccc(Cl)cc1Cl)c1ccn[nH]1. The summed E-state index contributed by atoms with van der Waals surface area (Å²) in [6, 6.07) is 6.94. The molecule has 18 heavy (non-hydrogen) atoms. The van der Waals surface area contributed by atoms with Crippen LogP contribution in [0.25, 0.3) is 0 Å². The molecule has 2 aromatic rings. The second kappa shape index (κ2) is 5.89. The van der Waals surface area contributed by atoms with Gasteiger partial charge in [0.05, 0.1) is 0 Å². The highest BCUT2D eigenvalue weighted by Gasteiger charge is 2.06. The molecule has 94 valence electrons. The quantitative estimate of drug-likeness (QED) is 0.906. The van der Waals surface area contributed by atoms with Crippen LogP contribution in [-0.4, -0.2) is 22.6 Å². The number of amides is 1. The number of nitrogens with zero attached hydrogens (tertiary/aromatic N) is 1. The highest BCUT2D eigenvalue weighted by Crippen LogP contribution is 2.20. The molecular formula is C12H11Cl2N3O. The van der Waals surface area contributed by atoms with Crippen LogP contribution in [0.15, 0.2) is 30.5 Å². The fourth-order valence-electron chi connectivity index (χ4n) is 1.51. The molecule has 0 spiro atoms. The van der Waals surface area contributed by atoms with E-state index in [1.807, 2.05) is 6.07 Å². The van der Waals surface area contributed by atoms with Crippen molar-refractivity contribution in [2.75, 3.05) is 6.54 Å². The van der Waals surface area contributed by atoms with Crippen molar-refractivity contribution in [3.63, 3.8) is 0 Å². The summed E-state index contributed by atoms with van der Waals surface area (Å²) >= 11 is 11.8. The number of hydrogen-bond donors (Lipinski definition) is 2. The van der Waals surface area contributed by atoms with E-state index < -0.39 is 0 Å². The number of rotatable bonds is 4. The summed E-state index contributed by atoms with van der Waals surface area (Å²) in [6.07, 6.45) is 2.18. The molecule has 0 fully saturated rings. The van der Waals surface area contributed by atoms with Gasteiger partial charge in [0, 0.05) is 22.8 Å². The van der Waals surface area contributed by atoms with Gasteiger partial charge in [0.15, 0.2) is 0 Å². The number of aromatic amines is 1. The number of carbonyl (C=O) groups excluding carboxylic acids is 1. The van der Waals surface area contributed by atoms with Crippen LogP contribution in [0.2, 0.25) is 10.0 Å². The summed E-state index contributed by atoms with van der Waals surface area (Å²) in [5, 5.41) is 10.3. The fraction of sp³-hybridized carbons (Fsp3) is 0.167. The number of benzene rings is 1. The van der Waals surface area contributed by atoms with Gasteiger partial charge < -0.3 is 5.32 Å². The molecule has 1 aromatic carbocycles. The molecule has 0 bridgehead atoms. The Morgan fingerprint density at radius 3 is 2.83 bits per heavy atom. The maximum absolute atomic E-state index is 11.6. The highest BCUT2D eigenvalue weighted by atomic mass is 35.5. The minimum absolute atomic E-state index is 0.183. The van der Waals surface area contributed by atoms with Crippen LogP contribution in [0.3, 0.4) is 0 Å². The maximum Gasteiger partial charge on any atom is 0.269 e. The summed E-state index contributed by atoms with van der Waals surface area (Å²) in [6.45, 7) is 0.499. The first kappa shape index (κ1) is 12.9. The normalized spacial score (nSPS) is 10.3. The predicted molar refractivity (Wildman–Crippen MR) is 71.1 cm³/mol. The van der Waals surface area contributed by atoms with Gasteiger partial charge in [-0.2, -0.15) is 5.10 Å². The Morgan fingerprint density at radius 2 is 2.17 bits per heavy atom. The van der Waals surface area contributed by atoms with E-state index in [0.717, 1.165) is 5.56 Å². The standard InChI is InChI=1S/C12H11Cl2N3O/c13-9-2-1-8(10(14)7-9)3-5-15-12(18)11-4-6-16-17-11/h1-2,4,6-7H,3,5H2,(H,15,18)(H,16,17). The van der Waals surface area contributed by atoms with Crippen molar-refractivity contribution >= 4 is 29.1 Å². The Labute approximate surface area is 114 Å². The van der Waals surface area contributed by atoms with E-state index in [-0.39, 0.29) is 5.91 Å². The molecular weight excluding hydrogens is 273 g/mol. The Morgan fingerprint density at radius 1 is 1.33 bits per heavy atom. The van der Waals surface area contributed by atoms with Crippen LogP contribution >= 0.6 is 23.2 Å². The predicted octanol–water partition coefficient (Wildman–Crippen LogP) is 2.69. The van der Waals surface area contributed by atoms with Crippen molar-refractivity contribution in [3.8, 4) is 0 Å². The van der Waals surface area contributed by atoms with E-state index in [2.05, 4.69) is 15.5 Å². The van der Waals surface area contributed by atoms with E-state index in [4.69, 9.17) is 23.2 Å². The minimum atomic E-state index is -0.183. The zero-order valence-corrected chi connectivity index (χ0v) is 10.9. The molecule has 0 atom stereocenters. The summed E-state index contributed by atoms with van der Waals surface area (Å²) < 4.78 is 0. The minimum Gasteiger partial charge on any atom is -0.350 e. The fourth-order valence-corrected chi connectivity index (χ4v) is 2.02. The van der Waals surface area contributed by atoms with Crippen molar-refractivity contribution in [2.24, 2.45) is 0 Å². The number of aromatic nitrogens is 2. The number of nitrogens with one attached hydrogen (secondary N) is 2. The first-order valence-electron chi connectivity index (χ1n) is 5.38.